The molecule has 5 heteroatoms. The van der Waals surface area contributed by atoms with Gasteiger partial charge < -0.3 is 5.73 Å². The topological polar surface area (TPSA) is 26.0 Å². The Hall–Kier alpha value is -1.10. The van der Waals surface area contributed by atoms with Crippen LogP contribution in [0.2, 0.25) is 0 Å². The number of halogens is 4. The van der Waals surface area contributed by atoms with Crippen LogP contribution in [-0.4, -0.2) is 0 Å². The van der Waals surface area contributed by atoms with E-state index in [1.54, 1.807) is 0 Å². The van der Waals surface area contributed by atoms with Crippen LogP contribution in [0.3, 0.4) is 0 Å². The Morgan fingerprint density at radius 3 is 2.56 bits per heavy atom. The van der Waals surface area contributed by atoms with Crippen molar-refractivity contribution in [3.05, 3.63) is 34.6 Å². The molecule has 0 unspecified atom stereocenters. The maximum absolute atomic E-state index is 13.5. The van der Waals surface area contributed by atoms with Gasteiger partial charge in [0.05, 0.1) is 5.56 Å². The fraction of sp³-hybridized carbons (Fsp3) is 0.455. The first kappa shape index (κ1) is 11.4. The molecule has 0 spiro atoms. The van der Waals surface area contributed by atoms with Gasteiger partial charge in [-0.05, 0) is 42.5 Å². The first-order valence-corrected chi connectivity index (χ1v) is 5.04. The fourth-order valence-corrected chi connectivity index (χ4v) is 2.07. The lowest BCUT2D eigenvalue weighted by Crippen LogP contribution is -2.20. The molecule has 0 saturated carbocycles. The molecule has 0 radical (unpaired) electrons. The number of rotatable bonds is 0. The van der Waals surface area contributed by atoms with Crippen LogP contribution in [0.25, 0.3) is 0 Å². The smallest absolute Gasteiger partial charge is 0.324 e. The Labute approximate surface area is 90.3 Å². The second-order valence-corrected chi connectivity index (χ2v) is 4.02. The highest BCUT2D eigenvalue weighted by Gasteiger charge is 2.33. The second kappa shape index (κ2) is 3.73. The molecule has 16 heavy (non-hydrogen) atoms. The molecule has 2 rings (SSSR count). The first-order valence-electron chi connectivity index (χ1n) is 5.04. The number of benzene rings is 1. The minimum Gasteiger partial charge on any atom is -0.324 e. The zero-order valence-corrected chi connectivity index (χ0v) is 8.44. The van der Waals surface area contributed by atoms with Crippen molar-refractivity contribution < 1.29 is 17.6 Å². The van der Waals surface area contributed by atoms with Crippen molar-refractivity contribution >= 4 is 0 Å². The summed E-state index contributed by atoms with van der Waals surface area (Å²) in [4.78, 5) is 0. The Balaban J connectivity index is 2.55. The summed E-state index contributed by atoms with van der Waals surface area (Å²) in [6, 6.07) is 1.04. The number of hydrogen-bond donors (Lipinski definition) is 1. The second-order valence-electron chi connectivity index (χ2n) is 4.02. The van der Waals surface area contributed by atoms with Gasteiger partial charge >= 0.3 is 6.18 Å². The standard InChI is InChI=1S/C11H11F4N/c12-9-5-6(11(13,14)15)4-8-7(9)2-1-3-10(8)16/h4-5,10H,1-3,16H2/t10-/m1/s1. The van der Waals surface area contributed by atoms with Gasteiger partial charge in [-0.15, -0.1) is 0 Å². The maximum Gasteiger partial charge on any atom is 0.416 e. The summed E-state index contributed by atoms with van der Waals surface area (Å²) in [5.74, 6) is -0.792. The van der Waals surface area contributed by atoms with Crippen molar-refractivity contribution in [3.63, 3.8) is 0 Å². The normalized spacial score (nSPS) is 20.7. The molecular formula is C11H11F4N. The lowest BCUT2D eigenvalue weighted by atomic mass is 9.86. The van der Waals surface area contributed by atoms with Gasteiger partial charge in [-0.2, -0.15) is 13.2 Å². The van der Waals surface area contributed by atoms with E-state index in [2.05, 4.69) is 0 Å². The third kappa shape index (κ3) is 1.91. The molecule has 1 nitrogen and oxygen atoms in total. The molecule has 2 N–H and O–H groups in total. The zero-order chi connectivity index (χ0) is 11.9. The minimum absolute atomic E-state index is 0.304. The highest BCUT2D eigenvalue weighted by atomic mass is 19.4. The summed E-state index contributed by atoms with van der Waals surface area (Å²) < 4.78 is 50.9. The molecule has 0 fully saturated rings. The van der Waals surface area contributed by atoms with Crippen molar-refractivity contribution in [1.29, 1.82) is 0 Å². The van der Waals surface area contributed by atoms with Crippen LogP contribution in [0.5, 0.6) is 0 Å². The highest BCUT2D eigenvalue weighted by molar-refractivity contribution is 5.38. The number of hydrogen-bond acceptors (Lipinski definition) is 1. The van der Waals surface area contributed by atoms with Crippen LogP contribution < -0.4 is 5.73 Å². The van der Waals surface area contributed by atoms with Crippen LogP contribution >= 0.6 is 0 Å². The molecule has 0 bridgehead atoms. The molecule has 1 aromatic rings. The molecule has 0 amide bonds. The Kier molecular flexibility index (Phi) is 2.66. The summed E-state index contributed by atoms with van der Waals surface area (Å²) in [6.45, 7) is 0. The third-order valence-corrected chi connectivity index (χ3v) is 2.90. The molecule has 0 heterocycles. The summed E-state index contributed by atoms with van der Waals surface area (Å²) in [6.07, 6.45) is -2.73. The highest BCUT2D eigenvalue weighted by Crippen LogP contribution is 2.36. The van der Waals surface area contributed by atoms with Crippen molar-refractivity contribution in [2.24, 2.45) is 5.73 Å². The van der Waals surface area contributed by atoms with Crippen LogP contribution in [-0.2, 0) is 12.6 Å². The van der Waals surface area contributed by atoms with Gasteiger partial charge in [-0.1, -0.05) is 0 Å². The summed E-state index contributed by atoms with van der Waals surface area (Å²) in [5.41, 5.74) is 5.38. The van der Waals surface area contributed by atoms with Crippen LogP contribution in [0.1, 0.15) is 35.6 Å². The van der Waals surface area contributed by atoms with Gasteiger partial charge in [0.2, 0.25) is 0 Å². The average molecular weight is 233 g/mol. The Bertz CT molecular complexity index is 411. The van der Waals surface area contributed by atoms with Crippen LogP contribution in [0.15, 0.2) is 12.1 Å². The Morgan fingerprint density at radius 2 is 1.94 bits per heavy atom. The minimum atomic E-state index is -4.52. The summed E-state index contributed by atoms with van der Waals surface area (Å²) in [7, 11) is 0. The van der Waals surface area contributed by atoms with Gasteiger partial charge in [-0.25, -0.2) is 4.39 Å². The van der Waals surface area contributed by atoms with Crippen molar-refractivity contribution in [2.75, 3.05) is 0 Å². The molecule has 0 aliphatic heterocycles. The molecule has 0 aromatic heterocycles. The Morgan fingerprint density at radius 1 is 1.25 bits per heavy atom. The lowest BCUT2D eigenvalue weighted by molar-refractivity contribution is -0.137. The predicted octanol–water partition coefficient (Wildman–Crippen LogP) is 3.18. The van der Waals surface area contributed by atoms with Gasteiger partial charge in [0.25, 0.3) is 0 Å². The predicted molar refractivity (Wildman–Crippen MR) is 51.3 cm³/mol. The lowest BCUT2D eigenvalue weighted by Gasteiger charge is -2.24. The molecule has 88 valence electrons. The van der Waals surface area contributed by atoms with E-state index in [9.17, 15) is 17.6 Å². The monoisotopic (exact) mass is 233 g/mol. The van der Waals surface area contributed by atoms with E-state index < -0.39 is 23.6 Å². The number of alkyl halides is 3. The summed E-state index contributed by atoms with van der Waals surface area (Å²) >= 11 is 0. The van der Waals surface area contributed by atoms with E-state index in [-0.39, 0.29) is 0 Å². The van der Waals surface area contributed by atoms with Crippen molar-refractivity contribution in [2.45, 2.75) is 31.5 Å². The van der Waals surface area contributed by atoms with Gasteiger partial charge in [0, 0.05) is 6.04 Å². The maximum atomic E-state index is 13.5. The van der Waals surface area contributed by atoms with E-state index >= 15 is 0 Å². The summed E-state index contributed by atoms with van der Waals surface area (Å²) in [5, 5.41) is 0. The number of fused-ring (bicyclic) bond motifs is 1. The van der Waals surface area contributed by atoms with Crippen LogP contribution in [0.4, 0.5) is 17.6 Å². The number of nitrogens with two attached hydrogens (primary N) is 1. The average Bonchev–Trinajstić information content (AvgIpc) is 2.18. The van der Waals surface area contributed by atoms with E-state index in [4.69, 9.17) is 5.73 Å². The molecule has 1 aromatic carbocycles. The van der Waals surface area contributed by atoms with E-state index in [1.807, 2.05) is 0 Å². The van der Waals surface area contributed by atoms with Gasteiger partial charge in [-0.3, -0.25) is 0 Å². The van der Waals surface area contributed by atoms with E-state index in [0.717, 1.165) is 12.5 Å². The largest absolute Gasteiger partial charge is 0.416 e. The quantitative estimate of drug-likeness (QED) is 0.684. The third-order valence-electron chi connectivity index (χ3n) is 2.90. The van der Waals surface area contributed by atoms with Crippen molar-refractivity contribution in [3.8, 4) is 0 Å². The molecule has 1 atom stereocenters. The van der Waals surface area contributed by atoms with Crippen molar-refractivity contribution in [1.82, 2.24) is 0 Å². The SMILES string of the molecule is N[C@@H]1CCCc2c(F)cc(C(F)(F)F)cc21. The molecule has 0 saturated heterocycles. The zero-order valence-electron chi connectivity index (χ0n) is 8.44. The molecule has 1 aliphatic carbocycles. The molecule has 1 aliphatic rings. The van der Waals surface area contributed by atoms with E-state index in [1.165, 1.54) is 0 Å². The van der Waals surface area contributed by atoms with Crippen LogP contribution in [0, 0.1) is 5.82 Å². The molecular weight excluding hydrogens is 222 g/mol. The van der Waals surface area contributed by atoms with E-state index in [0.29, 0.717) is 30.0 Å². The fourth-order valence-electron chi connectivity index (χ4n) is 2.07. The first-order chi connectivity index (χ1) is 7.39. The van der Waals surface area contributed by atoms with Gasteiger partial charge in [0.15, 0.2) is 0 Å². The van der Waals surface area contributed by atoms with Gasteiger partial charge in [0.1, 0.15) is 5.82 Å².